The van der Waals surface area contributed by atoms with Gasteiger partial charge in [0.05, 0.1) is 0 Å². The topological polar surface area (TPSA) is 75.4 Å². The molecular weight excluding hydrogens is 338 g/mol. The number of hydrogen-bond acceptors (Lipinski definition) is 3. The predicted octanol–water partition coefficient (Wildman–Crippen LogP) is 2.06. The fourth-order valence-electron chi connectivity index (χ4n) is 3.92. The molecule has 0 aromatic heterocycles. The van der Waals surface area contributed by atoms with Gasteiger partial charge in [0.2, 0.25) is 11.8 Å². The van der Waals surface area contributed by atoms with Crippen molar-refractivity contribution in [3.05, 3.63) is 35.9 Å². The lowest BCUT2D eigenvalue weighted by atomic mass is 9.95. The second kappa shape index (κ2) is 8.68. The van der Waals surface area contributed by atoms with Crippen molar-refractivity contribution < 1.29 is 9.59 Å². The van der Waals surface area contributed by atoms with Crippen LogP contribution in [0.2, 0.25) is 0 Å². The quantitative estimate of drug-likeness (QED) is 0.857. The summed E-state index contributed by atoms with van der Waals surface area (Å²) in [6.45, 7) is 2.94. The number of carbonyl (C=O) groups is 2. The van der Waals surface area contributed by atoms with Crippen molar-refractivity contribution in [2.24, 2.45) is 11.7 Å². The molecule has 0 bridgehead atoms. The van der Waals surface area contributed by atoms with E-state index in [2.05, 4.69) is 17.4 Å². The van der Waals surface area contributed by atoms with Gasteiger partial charge in [-0.25, -0.2) is 0 Å². The summed E-state index contributed by atoms with van der Waals surface area (Å²) in [7, 11) is 0. The smallest absolute Gasteiger partial charge is 0.244 e. The number of benzene rings is 1. The van der Waals surface area contributed by atoms with Crippen LogP contribution >= 0.6 is 12.4 Å². The van der Waals surface area contributed by atoms with Gasteiger partial charge in [-0.05, 0) is 25.3 Å². The number of halogens is 1. The molecule has 1 heterocycles. The van der Waals surface area contributed by atoms with Gasteiger partial charge in [-0.15, -0.1) is 12.4 Å². The Labute approximate surface area is 155 Å². The molecule has 1 unspecified atom stereocenters. The van der Waals surface area contributed by atoms with Crippen LogP contribution in [0.1, 0.15) is 44.1 Å². The molecule has 1 saturated heterocycles. The molecule has 1 saturated carbocycles. The van der Waals surface area contributed by atoms with E-state index in [0.29, 0.717) is 13.1 Å². The first-order chi connectivity index (χ1) is 11.6. The van der Waals surface area contributed by atoms with E-state index in [4.69, 9.17) is 5.73 Å². The molecule has 3 rings (SSSR count). The van der Waals surface area contributed by atoms with Crippen molar-refractivity contribution in [3.8, 4) is 0 Å². The molecule has 6 heteroatoms. The summed E-state index contributed by atoms with van der Waals surface area (Å²) in [5.74, 6) is 0.234. The first kappa shape index (κ1) is 19.7. The summed E-state index contributed by atoms with van der Waals surface area (Å²) in [5, 5.41) is 2.90. The Morgan fingerprint density at radius 2 is 1.80 bits per heavy atom. The van der Waals surface area contributed by atoms with Crippen molar-refractivity contribution in [2.75, 3.05) is 13.1 Å². The molecule has 138 valence electrons. The third-order valence-corrected chi connectivity index (χ3v) is 5.36. The molecule has 2 fully saturated rings. The van der Waals surface area contributed by atoms with Gasteiger partial charge in [0, 0.05) is 31.0 Å². The molecule has 1 aliphatic carbocycles. The molecular formula is C19H28ClN3O2. The summed E-state index contributed by atoms with van der Waals surface area (Å²) >= 11 is 0. The Hall–Kier alpha value is -1.59. The zero-order valence-electron chi connectivity index (χ0n) is 14.7. The maximum Gasteiger partial charge on any atom is 0.244 e. The van der Waals surface area contributed by atoms with Crippen molar-refractivity contribution in [2.45, 2.75) is 50.6 Å². The highest BCUT2D eigenvalue weighted by Crippen LogP contribution is 2.27. The number of nitrogens with zero attached hydrogens (tertiary/aromatic N) is 1. The van der Waals surface area contributed by atoms with Crippen molar-refractivity contribution in [1.82, 2.24) is 10.2 Å². The summed E-state index contributed by atoms with van der Waals surface area (Å²) in [5.41, 5.74) is 7.43. The van der Waals surface area contributed by atoms with Crippen LogP contribution < -0.4 is 11.1 Å². The van der Waals surface area contributed by atoms with Crippen LogP contribution in [0.3, 0.4) is 0 Å². The molecule has 3 N–H and O–H groups in total. The van der Waals surface area contributed by atoms with Gasteiger partial charge >= 0.3 is 0 Å². The molecule has 0 spiro atoms. The highest BCUT2D eigenvalue weighted by molar-refractivity contribution is 5.88. The number of nitrogens with one attached hydrogen (secondary N) is 1. The predicted molar refractivity (Wildman–Crippen MR) is 101 cm³/mol. The lowest BCUT2D eigenvalue weighted by Crippen LogP contribution is -2.48. The van der Waals surface area contributed by atoms with Crippen LogP contribution in [-0.2, 0) is 9.59 Å². The number of likely N-dealkylation sites (tertiary alicyclic amines) is 1. The van der Waals surface area contributed by atoms with Crippen molar-refractivity contribution in [3.63, 3.8) is 0 Å². The van der Waals surface area contributed by atoms with Crippen LogP contribution in [-0.4, -0.2) is 41.9 Å². The Morgan fingerprint density at radius 3 is 2.44 bits per heavy atom. The summed E-state index contributed by atoms with van der Waals surface area (Å²) in [6.07, 6.45) is 4.11. The van der Waals surface area contributed by atoms with Gasteiger partial charge in [-0.3, -0.25) is 9.59 Å². The summed E-state index contributed by atoms with van der Waals surface area (Å²) in [4.78, 5) is 26.7. The lowest BCUT2D eigenvalue weighted by molar-refractivity contribution is -0.136. The Morgan fingerprint density at radius 1 is 1.16 bits per heavy atom. The molecule has 2 amide bonds. The monoisotopic (exact) mass is 365 g/mol. The van der Waals surface area contributed by atoms with Crippen LogP contribution in [0.15, 0.2) is 30.3 Å². The third kappa shape index (κ3) is 4.53. The zero-order valence-corrected chi connectivity index (χ0v) is 15.5. The van der Waals surface area contributed by atoms with E-state index in [9.17, 15) is 9.59 Å². The highest BCUT2D eigenvalue weighted by atomic mass is 35.5. The fourth-order valence-corrected chi connectivity index (χ4v) is 3.92. The highest BCUT2D eigenvalue weighted by Gasteiger charge is 2.36. The van der Waals surface area contributed by atoms with E-state index in [1.807, 2.05) is 18.2 Å². The van der Waals surface area contributed by atoms with Gasteiger partial charge in [-0.2, -0.15) is 0 Å². The van der Waals surface area contributed by atoms with E-state index in [-0.39, 0.29) is 42.1 Å². The fraction of sp³-hybridized carbons (Fsp3) is 0.579. The van der Waals surface area contributed by atoms with Crippen LogP contribution in [0.4, 0.5) is 0 Å². The molecule has 3 atom stereocenters. The SMILES string of the molecule is CC(NC(=O)C1CCCC1)C(=O)N1C[C@@H](N)[C@H](c2ccccc2)C1.Cl. The number of nitrogens with two attached hydrogens (primary N) is 1. The second-order valence-corrected chi connectivity index (χ2v) is 7.14. The maximum absolute atomic E-state index is 12.7. The average molecular weight is 366 g/mol. The van der Waals surface area contributed by atoms with E-state index < -0.39 is 6.04 Å². The number of rotatable bonds is 4. The first-order valence-corrected chi connectivity index (χ1v) is 8.96. The Kier molecular flexibility index (Phi) is 6.85. The number of hydrogen-bond donors (Lipinski definition) is 2. The minimum atomic E-state index is -0.486. The molecule has 1 aromatic carbocycles. The zero-order chi connectivity index (χ0) is 17.1. The maximum atomic E-state index is 12.7. The van der Waals surface area contributed by atoms with Gasteiger partial charge in [0.15, 0.2) is 0 Å². The van der Waals surface area contributed by atoms with Crippen molar-refractivity contribution in [1.29, 1.82) is 0 Å². The molecule has 1 aromatic rings. The molecule has 1 aliphatic heterocycles. The van der Waals surface area contributed by atoms with Crippen LogP contribution in [0, 0.1) is 5.92 Å². The minimum Gasteiger partial charge on any atom is -0.344 e. The van der Waals surface area contributed by atoms with Crippen LogP contribution in [0.5, 0.6) is 0 Å². The Balaban J connectivity index is 0.00000225. The summed E-state index contributed by atoms with van der Waals surface area (Å²) < 4.78 is 0. The van der Waals surface area contributed by atoms with Crippen molar-refractivity contribution >= 4 is 24.2 Å². The van der Waals surface area contributed by atoms with E-state index in [1.165, 1.54) is 5.56 Å². The first-order valence-electron chi connectivity index (χ1n) is 8.96. The molecule has 25 heavy (non-hydrogen) atoms. The van der Waals surface area contributed by atoms with Gasteiger partial charge < -0.3 is 16.0 Å². The normalized spacial score (nSPS) is 24.6. The van der Waals surface area contributed by atoms with Crippen LogP contribution in [0.25, 0.3) is 0 Å². The van der Waals surface area contributed by atoms with E-state index >= 15 is 0 Å². The Bertz CT molecular complexity index is 590. The third-order valence-electron chi connectivity index (χ3n) is 5.36. The second-order valence-electron chi connectivity index (χ2n) is 7.14. The lowest BCUT2D eigenvalue weighted by Gasteiger charge is -2.23. The number of carbonyl (C=O) groups excluding carboxylic acids is 2. The van der Waals surface area contributed by atoms with E-state index in [0.717, 1.165) is 25.7 Å². The summed E-state index contributed by atoms with van der Waals surface area (Å²) in [6, 6.07) is 9.55. The minimum absolute atomic E-state index is 0. The average Bonchev–Trinajstić information content (AvgIpc) is 3.24. The largest absolute Gasteiger partial charge is 0.344 e. The van der Waals surface area contributed by atoms with Gasteiger partial charge in [0.25, 0.3) is 0 Å². The molecule has 5 nitrogen and oxygen atoms in total. The van der Waals surface area contributed by atoms with Gasteiger partial charge in [-0.1, -0.05) is 43.2 Å². The molecule has 0 radical (unpaired) electrons. The van der Waals surface area contributed by atoms with Gasteiger partial charge in [0.1, 0.15) is 6.04 Å². The standard InChI is InChI=1S/C19H27N3O2.ClH/c1-13(21-18(23)15-9-5-6-10-15)19(24)22-11-16(17(20)12-22)14-7-3-2-4-8-14;/h2-4,7-8,13,15-17H,5-6,9-12,20H2,1H3,(H,21,23);1H/t13?,16-,17+;/m0./s1. The number of amides is 2. The molecule has 2 aliphatic rings. The van der Waals surface area contributed by atoms with E-state index in [1.54, 1.807) is 11.8 Å².